The van der Waals surface area contributed by atoms with Crippen molar-refractivity contribution < 1.29 is 4.74 Å². The smallest absolute Gasteiger partial charge is 0.119 e. The van der Waals surface area contributed by atoms with Crippen LogP contribution in [0.1, 0.15) is 36.3 Å². The third-order valence-electron chi connectivity index (χ3n) is 3.50. The molecular formula is C19H21NO. The molecule has 0 spiro atoms. The average molecular weight is 279 g/mol. The highest BCUT2D eigenvalue weighted by Gasteiger charge is 2.09. The molecule has 2 aromatic rings. The normalized spacial score (nSPS) is 11.6. The van der Waals surface area contributed by atoms with Crippen LogP contribution < -0.4 is 4.74 Å². The fourth-order valence-electron chi connectivity index (χ4n) is 2.34. The van der Waals surface area contributed by atoms with Gasteiger partial charge in [0.25, 0.3) is 0 Å². The Balaban J connectivity index is 1.71. The standard InChI is InChI=1S/C19H21NO/c1-16-8-7-12-19(14-16)21-13-6-5-11-18(15-20)17-9-3-2-4-10-17/h2-4,7-10,12,14,18H,5-6,11,13H2,1H3. The quantitative estimate of drug-likeness (QED) is 0.679. The Morgan fingerprint density at radius 3 is 2.57 bits per heavy atom. The third-order valence-corrected chi connectivity index (χ3v) is 3.50. The molecule has 0 fully saturated rings. The van der Waals surface area contributed by atoms with Gasteiger partial charge in [0.15, 0.2) is 0 Å². The Kier molecular flexibility index (Phi) is 5.84. The summed E-state index contributed by atoms with van der Waals surface area (Å²) in [6.07, 6.45) is 2.86. The maximum absolute atomic E-state index is 9.26. The van der Waals surface area contributed by atoms with Crippen LogP contribution in [0.25, 0.3) is 0 Å². The summed E-state index contributed by atoms with van der Waals surface area (Å²) in [5.41, 5.74) is 2.32. The topological polar surface area (TPSA) is 33.0 Å². The number of ether oxygens (including phenoxy) is 1. The van der Waals surface area contributed by atoms with E-state index in [1.807, 2.05) is 48.5 Å². The van der Waals surface area contributed by atoms with Gasteiger partial charge in [-0.2, -0.15) is 5.26 Å². The van der Waals surface area contributed by atoms with E-state index in [1.165, 1.54) is 5.56 Å². The largest absolute Gasteiger partial charge is 0.494 e. The van der Waals surface area contributed by atoms with E-state index in [0.29, 0.717) is 6.61 Å². The molecule has 2 rings (SSSR count). The SMILES string of the molecule is Cc1cccc(OCCCCC(C#N)c2ccccc2)c1. The van der Waals surface area contributed by atoms with Crippen molar-refractivity contribution in [2.75, 3.05) is 6.61 Å². The fourth-order valence-corrected chi connectivity index (χ4v) is 2.34. The molecule has 0 aliphatic heterocycles. The molecule has 0 aliphatic rings. The third kappa shape index (κ3) is 4.96. The highest BCUT2D eigenvalue weighted by molar-refractivity contribution is 5.27. The summed E-state index contributed by atoms with van der Waals surface area (Å²) in [7, 11) is 0. The van der Waals surface area contributed by atoms with Gasteiger partial charge in [0.2, 0.25) is 0 Å². The second-order valence-electron chi connectivity index (χ2n) is 5.25. The molecule has 0 aliphatic carbocycles. The fraction of sp³-hybridized carbons (Fsp3) is 0.316. The van der Waals surface area contributed by atoms with Gasteiger partial charge in [-0.15, -0.1) is 0 Å². The maximum Gasteiger partial charge on any atom is 0.119 e. The molecule has 2 aromatic carbocycles. The van der Waals surface area contributed by atoms with Gasteiger partial charge in [-0.3, -0.25) is 0 Å². The first kappa shape index (κ1) is 15.1. The number of nitriles is 1. The molecule has 2 nitrogen and oxygen atoms in total. The van der Waals surface area contributed by atoms with Gasteiger partial charge in [0.1, 0.15) is 5.75 Å². The summed E-state index contributed by atoms with van der Waals surface area (Å²) in [5, 5.41) is 9.26. The van der Waals surface area contributed by atoms with Crippen LogP contribution >= 0.6 is 0 Å². The summed E-state index contributed by atoms with van der Waals surface area (Å²) in [6, 6.07) is 20.5. The van der Waals surface area contributed by atoms with E-state index < -0.39 is 0 Å². The summed E-state index contributed by atoms with van der Waals surface area (Å²) < 4.78 is 5.73. The molecular weight excluding hydrogens is 258 g/mol. The minimum atomic E-state index is -0.00910. The first-order chi connectivity index (χ1) is 10.3. The summed E-state index contributed by atoms with van der Waals surface area (Å²) in [4.78, 5) is 0. The van der Waals surface area contributed by atoms with Gasteiger partial charge in [0, 0.05) is 0 Å². The Labute approximate surface area is 127 Å². The average Bonchev–Trinajstić information content (AvgIpc) is 2.52. The highest BCUT2D eigenvalue weighted by Crippen LogP contribution is 2.21. The van der Waals surface area contributed by atoms with Gasteiger partial charge in [-0.25, -0.2) is 0 Å². The van der Waals surface area contributed by atoms with Crippen LogP contribution in [0.2, 0.25) is 0 Å². The Morgan fingerprint density at radius 2 is 1.86 bits per heavy atom. The second-order valence-corrected chi connectivity index (χ2v) is 5.25. The van der Waals surface area contributed by atoms with Crippen LogP contribution in [0.3, 0.4) is 0 Å². The van der Waals surface area contributed by atoms with Crippen molar-refractivity contribution in [3.05, 3.63) is 65.7 Å². The monoisotopic (exact) mass is 279 g/mol. The number of benzene rings is 2. The Bertz CT molecular complexity index is 586. The molecule has 108 valence electrons. The molecule has 0 aromatic heterocycles. The molecule has 0 radical (unpaired) electrons. The first-order valence-corrected chi connectivity index (χ1v) is 7.43. The number of hydrogen-bond donors (Lipinski definition) is 0. The number of aryl methyl sites for hydroxylation is 1. The lowest BCUT2D eigenvalue weighted by molar-refractivity contribution is 0.304. The molecule has 0 amide bonds. The lowest BCUT2D eigenvalue weighted by atomic mass is 9.95. The molecule has 21 heavy (non-hydrogen) atoms. The zero-order valence-corrected chi connectivity index (χ0v) is 12.5. The summed E-state index contributed by atoms with van der Waals surface area (Å²) >= 11 is 0. The molecule has 0 saturated heterocycles. The lowest BCUT2D eigenvalue weighted by Gasteiger charge is -2.10. The minimum Gasteiger partial charge on any atom is -0.494 e. The zero-order chi connectivity index (χ0) is 14.9. The van der Waals surface area contributed by atoms with E-state index in [0.717, 1.165) is 30.6 Å². The van der Waals surface area contributed by atoms with Gasteiger partial charge in [-0.05, 0) is 49.4 Å². The van der Waals surface area contributed by atoms with Crippen LogP contribution in [0.5, 0.6) is 5.75 Å². The van der Waals surface area contributed by atoms with Crippen LogP contribution in [0, 0.1) is 18.3 Å². The molecule has 2 heteroatoms. The molecule has 1 unspecified atom stereocenters. The van der Waals surface area contributed by atoms with Gasteiger partial charge in [-0.1, -0.05) is 42.5 Å². The van der Waals surface area contributed by atoms with Crippen molar-refractivity contribution in [1.29, 1.82) is 5.26 Å². The number of unbranched alkanes of at least 4 members (excludes halogenated alkanes) is 1. The van der Waals surface area contributed by atoms with E-state index >= 15 is 0 Å². The molecule has 1 atom stereocenters. The molecule has 0 saturated carbocycles. The number of nitrogens with zero attached hydrogens (tertiary/aromatic N) is 1. The summed E-state index contributed by atoms with van der Waals surface area (Å²) in [6.45, 7) is 2.76. The minimum absolute atomic E-state index is 0.00910. The van der Waals surface area contributed by atoms with E-state index in [4.69, 9.17) is 4.74 Å². The van der Waals surface area contributed by atoms with Crippen LogP contribution in [-0.4, -0.2) is 6.61 Å². The molecule has 0 N–H and O–H groups in total. The predicted molar refractivity (Wildman–Crippen MR) is 85.3 cm³/mol. The van der Waals surface area contributed by atoms with E-state index in [2.05, 4.69) is 19.1 Å². The lowest BCUT2D eigenvalue weighted by Crippen LogP contribution is -2.00. The van der Waals surface area contributed by atoms with Crippen LogP contribution in [0.4, 0.5) is 0 Å². The van der Waals surface area contributed by atoms with Crippen molar-refractivity contribution in [3.8, 4) is 11.8 Å². The van der Waals surface area contributed by atoms with Gasteiger partial charge < -0.3 is 4.74 Å². The van der Waals surface area contributed by atoms with Crippen molar-refractivity contribution >= 4 is 0 Å². The Hall–Kier alpha value is -2.27. The van der Waals surface area contributed by atoms with Gasteiger partial charge >= 0.3 is 0 Å². The van der Waals surface area contributed by atoms with Gasteiger partial charge in [0.05, 0.1) is 18.6 Å². The molecule has 0 heterocycles. The predicted octanol–water partition coefficient (Wildman–Crippen LogP) is 4.85. The van der Waals surface area contributed by atoms with E-state index in [9.17, 15) is 5.26 Å². The van der Waals surface area contributed by atoms with Crippen LogP contribution in [0.15, 0.2) is 54.6 Å². The second kappa shape index (κ2) is 8.11. The van der Waals surface area contributed by atoms with Crippen molar-refractivity contribution in [2.24, 2.45) is 0 Å². The van der Waals surface area contributed by atoms with Crippen molar-refractivity contribution in [1.82, 2.24) is 0 Å². The van der Waals surface area contributed by atoms with E-state index in [-0.39, 0.29) is 5.92 Å². The van der Waals surface area contributed by atoms with E-state index in [1.54, 1.807) is 0 Å². The zero-order valence-electron chi connectivity index (χ0n) is 12.5. The van der Waals surface area contributed by atoms with Crippen molar-refractivity contribution in [2.45, 2.75) is 32.1 Å². The number of hydrogen-bond acceptors (Lipinski definition) is 2. The maximum atomic E-state index is 9.26. The highest BCUT2D eigenvalue weighted by atomic mass is 16.5. The van der Waals surface area contributed by atoms with Crippen molar-refractivity contribution in [3.63, 3.8) is 0 Å². The Morgan fingerprint density at radius 1 is 1.05 bits per heavy atom. The summed E-state index contributed by atoms with van der Waals surface area (Å²) in [5.74, 6) is 0.917. The first-order valence-electron chi connectivity index (χ1n) is 7.43. The molecule has 0 bridgehead atoms. The van der Waals surface area contributed by atoms with Crippen LogP contribution in [-0.2, 0) is 0 Å². The number of rotatable bonds is 7.